The quantitative estimate of drug-likeness (QED) is 0.783. The van der Waals surface area contributed by atoms with Gasteiger partial charge in [0.25, 0.3) is 0 Å². The Kier molecular flexibility index (Phi) is 5.75. The number of aryl methyl sites for hydroxylation is 2. The SMILES string of the molecule is COc1cc(C)c(C)cc1S(=O)(=O)NCC1(c2cccs2)CCCCC1. The third-order valence-corrected chi connectivity index (χ3v) is 8.06. The van der Waals surface area contributed by atoms with Crippen LogP contribution in [0.25, 0.3) is 0 Å². The highest BCUT2D eigenvalue weighted by atomic mass is 32.2. The molecule has 1 fully saturated rings. The molecular formula is C20H27NO3S2. The minimum absolute atomic E-state index is 0.0908. The Hall–Kier alpha value is -1.37. The standard InChI is InChI=1S/C20H27NO3S2/c1-15-12-17(24-3)18(13-16(15)2)26(22,23)21-14-20(9-5-4-6-10-20)19-8-7-11-25-19/h7-8,11-13,21H,4-6,9-10,14H2,1-3H3. The van der Waals surface area contributed by atoms with Crippen molar-refractivity contribution >= 4 is 21.4 Å². The molecule has 0 spiro atoms. The van der Waals surface area contributed by atoms with E-state index in [1.165, 1.54) is 18.4 Å². The first-order chi connectivity index (χ1) is 12.4. The zero-order valence-electron chi connectivity index (χ0n) is 15.7. The highest BCUT2D eigenvalue weighted by molar-refractivity contribution is 7.89. The minimum atomic E-state index is -3.64. The Bertz CT molecular complexity index is 851. The summed E-state index contributed by atoms with van der Waals surface area (Å²) in [6.45, 7) is 4.31. The molecular weight excluding hydrogens is 366 g/mol. The van der Waals surface area contributed by atoms with Gasteiger partial charge in [-0.05, 0) is 61.4 Å². The van der Waals surface area contributed by atoms with Crippen molar-refractivity contribution < 1.29 is 13.2 Å². The maximum atomic E-state index is 13.0. The molecule has 1 N–H and O–H groups in total. The van der Waals surface area contributed by atoms with Crippen LogP contribution in [0.1, 0.15) is 48.1 Å². The summed E-state index contributed by atoms with van der Waals surface area (Å²) in [7, 11) is -2.13. The van der Waals surface area contributed by atoms with E-state index < -0.39 is 10.0 Å². The van der Waals surface area contributed by atoms with Crippen LogP contribution in [0.15, 0.2) is 34.5 Å². The number of hydrogen-bond donors (Lipinski definition) is 1. The molecule has 1 aromatic carbocycles. The second kappa shape index (κ2) is 7.71. The second-order valence-corrected chi connectivity index (χ2v) is 9.91. The predicted octanol–water partition coefficient (Wildman–Crippen LogP) is 4.55. The van der Waals surface area contributed by atoms with Gasteiger partial charge in [-0.25, -0.2) is 13.1 Å². The first-order valence-corrected chi connectivity index (χ1v) is 11.4. The van der Waals surface area contributed by atoms with E-state index >= 15 is 0 Å². The summed E-state index contributed by atoms with van der Waals surface area (Å²) in [6, 6.07) is 7.69. The van der Waals surface area contributed by atoms with Crippen molar-refractivity contribution in [1.29, 1.82) is 0 Å². The molecule has 1 heterocycles. The summed E-state index contributed by atoms with van der Waals surface area (Å²) in [5, 5.41) is 2.08. The highest BCUT2D eigenvalue weighted by Crippen LogP contribution is 2.41. The molecule has 0 aliphatic heterocycles. The lowest BCUT2D eigenvalue weighted by Crippen LogP contribution is -2.41. The number of ether oxygens (including phenoxy) is 1. The van der Waals surface area contributed by atoms with Crippen LogP contribution in [0.4, 0.5) is 0 Å². The lowest BCUT2D eigenvalue weighted by atomic mass is 9.73. The Morgan fingerprint density at radius 3 is 2.46 bits per heavy atom. The first kappa shape index (κ1) is 19.4. The van der Waals surface area contributed by atoms with Crippen molar-refractivity contribution in [2.75, 3.05) is 13.7 Å². The monoisotopic (exact) mass is 393 g/mol. The molecule has 4 nitrogen and oxygen atoms in total. The van der Waals surface area contributed by atoms with Gasteiger partial charge in [-0.1, -0.05) is 25.3 Å². The van der Waals surface area contributed by atoms with Crippen LogP contribution in [-0.2, 0) is 15.4 Å². The van der Waals surface area contributed by atoms with Crippen molar-refractivity contribution in [3.05, 3.63) is 45.6 Å². The Morgan fingerprint density at radius 2 is 1.85 bits per heavy atom. The zero-order valence-corrected chi connectivity index (χ0v) is 17.3. The van der Waals surface area contributed by atoms with E-state index in [0.717, 1.165) is 36.8 Å². The summed E-state index contributed by atoms with van der Waals surface area (Å²) < 4.78 is 34.3. The number of sulfonamides is 1. The van der Waals surface area contributed by atoms with Gasteiger partial charge >= 0.3 is 0 Å². The maximum Gasteiger partial charge on any atom is 0.244 e. The number of methoxy groups -OCH3 is 1. The number of hydrogen-bond acceptors (Lipinski definition) is 4. The fraction of sp³-hybridized carbons (Fsp3) is 0.500. The fourth-order valence-electron chi connectivity index (χ4n) is 3.76. The van der Waals surface area contributed by atoms with E-state index in [9.17, 15) is 8.42 Å². The Labute approximate surface area is 160 Å². The van der Waals surface area contributed by atoms with Crippen molar-refractivity contribution in [2.24, 2.45) is 0 Å². The highest BCUT2D eigenvalue weighted by Gasteiger charge is 2.36. The van der Waals surface area contributed by atoms with Gasteiger partial charge < -0.3 is 4.74 Å². The average molecular weight is 394 g/mol. The van der Waals surface area contributed by atoms with Gasteiger partial charge in [0.2, 0.25) is 10.0 Å². The largest absolute Gasteiger partial charge is 0.495 e. The fourth-order valence-corrected chi connectivity index (χ4v) is 6.11. The normalized spacial score (nSPS) is 17.2. The molecule has 0 saturated heterocycles. The molecule has 3 rings (SSSR count). The third-order valence-electron chi connectivity index (χ3n) is 5.52. The smallest absolute Gasteiger partial charge is 0.244 e. The van der Waals surface area contributed by atoms with Gasteiger partial charge in [0.1, 0.15) is 10.6 Å². The summed E-state index contributed by atoms with van der Waals surface area (Å²) in [5.41, 5.74) is 1.87. The molecule has 1 aliphatic rings. The molecule has 2 aromatic rings. The molecule has 1 saturated carbocycles. The van der Waals surface area contributed by atoms with Gasteiger partial charge in [-0.3, -0.25) is 0 Å². The molecule has 142 valence electrons. The van der Waals surface area contributed by atoms with Crippen LogP contribution in [0.2, 0.25) is 0 Å². The van der Waals surface area contributed by atoms with Crippen LogP contribution < -0.4 is 9.46 Å². The van der Waals surface area contributed by atoms with Crippen LogP contribution >= 0.6 is 11.3 Å². The molecule has 0 bridgehead atoms. The second-order valence-electron chi connectivity index (χ2n) is 7.23. The lowest BCUT2D eigenvalue weighted by molar-refractivity contribution is 0.298. The summed E-state index contributed by atoms with van der Waals surface area (Å²) >= 11 is 1.73. The molecule has 1 aromatic heterocycles. The summed E-state index contributed by atoms with van der Waals surface area (Å²) in [6.07, 6.45) is 5.57. The van der Waals surface area contributed by atoms with Crippen LogP contribution in [-0.4, -0.2) is 22.1 Å². The average Bonchev–Trinajstić information content (AvgIpc) is 3.18. The molecule has 0 atom stereocenters. The van der Waals surface area contributed by atoms with Gasteiger partial charge in [0.05, 0.1) is 7.11 Å². The number of nitrogens with one attached hydrogen (secondary N) is 1. The van der Waals surface area contributed by atoms with Gasteiger partial charge in [0.15, 0.2) is 0 Å². The van der Waals surface area contributed by atoms with Crippen molar-refractivity contribution in [3.8, 4) is 5.75 Å². The lowest BCUT2D eigenvalue weighted by Gasteiger charge is -2.36. The molecule has 26 heavy (non-hydrogen) atoms. The van der Waals surface area contributed by atoms with Gasteiger partial charge in [0, 0.05) is 16.8 Å². The van der Waals surface area contributed by atoms with Gasteiger partial charge in [-0.2, -0.15) is 0 Å². The van der Waals surface area contributed by atoms with Crippen LogP contribution in [0.3, 0.4) is 0 Å². The predicted molar refractivity (Wildman–Crippen MR) is 107 cm³/mol. The summed E-state index contributed by atoms with van der Waals surface area (Å²) in [5.74, 6) is 0.398. The van der Waals surface area contributed by atoms with E-state index in [1.807, 2.05) is 13.8 Å². The minimum Gasteiger partial charge on any atom is -0.495 e. The topological polar surface area (TPSA) is 55.4 Å². The van der Waals surface area contributed by atoms with Gasteiger partial charge in [-0.15, -0.1) is 11.3 Å². The van der Waals surface area contributed by atoms with Crippen molar-refractivity contribution in [2.45, 2.75) is 56.3 Å². The molecule has 0 radical (unpaired) electrons. The van der Waals surface area contributed by atoms with Crippen molar-refractivity contribution in [3.63, 3.8) is 0 Å². The van der Waals surface area contributed by atoms with E-state index in [0.29, 0.717) is 12.3 Å². The van der Waals surface area contributed by atoms with E-state index in [1.54, 1.807) is 23.5 Å². The molecule has 6 heteroatoms. The zero-order chi connectivity index (χ0) is 18.8. The maximum absolute atomic E-state index is 13.0. The van der Waals surface area contributed by atoms with Crippen LogP contribution in [0.5, 0.6) is 5.75 Å². The van der Waals surface area contributed by atoms with Crippen LogP contribution in [0, 0.1) is 13.8 Å². The third kappa shape index (κ3) is 3.82. The molecule has 1 aliphatic carbocycles. The van der Waals surface area contributed by atoms with E-state index in [4.69, 9.17) is 4.74 Å². The number of rotatable bonds is 6. The number of thiophene rings is 1. The number of benzene rings is 1. The van der Waals surface area contributed by atoms with E-state index in [-0.39, 0.29) is 10.3 Å². The van der Waals surface area contributed by atoms with Crippen molar-refractivity contribution in [1.82, 2.24) is 4.72 Å². The first-order valence-electron chi connectivity index (χ1n) is 9.07. The Balaban J connectivity index is 1.89. The summed E-state index contributed by atoms with van der Waals surface area (Å²) in [4.78, 5) is 1.51. The molecule has 0 unspecified atom stereocenters. The van der Waals surface area contributed by atoms with E-state index in [2.05, 4.69) is 22.2 Å². The Morgan fingerprint density at radius 1 is 1.15 bits per heavy atom. The molecule has 0 amide bonds.